The fourth-order valence-electron chi connectivity index (χ4n) is 1.94. The Bertz CT molecular complexity index is 572. The minimum Gasteiger partial charge on any atom is -0.376 e. The van der Waals surface area contributed by atoms with E-state index in [4.69, 9.17) is 11.6 Å². The molecule has 0 saturated heterocycles. The molecule has 0 heterocycles. The number of halogens is 3. The summed E-state index contributed by atoms with van der Waals surface area (Å²) in [6.07, 6.45) is 0.714. The molecular formula is C15H14ClF2N. The molecule has 0 bridgehead atoms. The summed E-state index contributed by atoms with van der Waals surface area (Å²) < 4.78 is 26.9. The summed E-state index contributed by atoms with van der Waals surface area (Å²) in [5.74, 6) is -0.711. The molecule has 0 aliphatic heterocycles. The Morgan fingerprint density at radius 1 is 1.16 bits per heavy atom. The van der Waals surface area contributed by atoms with Crippen molar-refractivity contribution in [2.24, 2.45) is 0 Å². The molecular weight excluding hydrogens is 268 g/mol. The van der Waals surface area contributed by atoms with E-state index in [0.717, 1.165) is 5.56 Å². The van der Waals surface area contributed by atoms with Crippen molar-refractivity contribution in [3.63, 3.8) is 0 Å². The van der Waals surface area contributed by atoms with Crippen LogP contribution in [0, 0.1) is 11.6 Å². The Morgan fingerprint density at radius 2 is 1.95 bits per heavy atom. The quantitative estimate of drug-likeness (QED) is 0.814. The third-order valence-electron chi connectivity index (χ3n) is 2.92. The van der Waals surface area contributed by atoms with Crippen molar-refractivity contribution in [3.8, 4) is 0 Å². The van der Waals surface area contributed by atoms with Gasteiger partial charge in [0.25, 0.3) is 0 Å². The molecule has 2 aromatic carbocycles. The van der Waals surface area contributed by atoms with Gasteiger partial charge in [-0.1, -0.05) is 30.7 Å². The van der Waals surface area contributed by atoms with Gasteiger partial charge in [0.1, 0.15) is 11.6 Å². The summed E-state index contributed by atoms with van der Waals surface area (Å²) in [5, 5.41) is 3.42. The average molecular weight is 282 g/mol. The lowest BCUT2D eigenvalue weighted by molar-refractivity contribution is 0.615. The Hall–Kier alpha value is -1.61. The zero-order valence-corrected chi connectivity index (χ0v) is 11.2. The van der Waals surface area contributed by atoms with Gasteiger partial charge in [0.2, 0.25) is 0 Å². The largest absolute Gasteiger partial charge is 0.376 e. The van der Waals surface area contributed by atoms with Gasteiger partial charge in [0, 0.05) is 5.02 Å². The van der Waals surface area contributed by atoms with Crippen molar-refractivity contribution in [1.82, 2.24) is 0 Å². The van der Waals surface area contributed by atoms with Crippen LogP contribution in [-0.2, 0) is 0 Å². The molecule has 0 radical (unpaired) electrons. The van der Waals surface area contributed by atoms with Crippen LogP contribution in [0.25, 0.3) is 0 Å². The van der Waals surface area contributed by atoms with Gasteiger partial charge in [-0.25, -0.2) is 8.78 Å². The van der Waals surface area contributed by atoms with Crippen LogP contribution in [0.5, 0.6) is 0 Å². The molecule has 0 spiro atoms. The van der Waals surface area contributed by atoms with Crippen LogP contribution in [0.4, 0.5) is 14.5 Å². The summed E-state index contributed by atoms with van der Waals surface area (Å²) in [4.78, 5) is 0. The summed E-state index contributed by atoms with van der Waals surface area (Å²) in [5.41, 5.74) is 1.15. The third-order valence-corrected chi connectivity index (χ3v) is 3.16. The number of hydrogen-bond acceptors (Lipinski definition) is 1. The van der Waals surface area contributed by atoms with Crippen molar-refractivity contribution in [3.05, 3.63) is 64.7 Å². The number of anilines is 1. The molecule has 0 fully saturated rings. The van der Waals surface area contributed by atoms with Crippen molar-refractivity contribution in [2.75, 3.05) is 5.32 Å². The van der Waals surface area contributed by atoms with Crippen molar-refractivity contribution in [1.29, 1.82) is 0 Å². The van der Waals surface area contributed by atoms with E-state index in [1.54, 1.807) is 18.2 Å². The monoisotopic (exact) mass is 281 g/mol. The highest BCUT2D eigenvalue weighted by Gasteiger charge is 2.12. The second-order valence-corrected chi connectivity index (χ2v) is 4.72. The maximum Gasteiger partial charge on any atom is 0.147 e. The molecule has 2 aromatic rings. The number of rotatable bonds is 4. The lowest BCUT2D eigenvalue weighted by Crippen LogP contribution is -2.11. The first-order valence-electron chi connectivity index (χ1n) is 6.07. The number of hydrogen-bond donors (Lipinski definition) is 1. The maximum atomic E-state index is 13.7. The molecule has 1 atom stereocenters. The van der Waals surface area contributed by atoms with Gasteiger partial charge in [-0.05, 0) is 42.3 Å². The molecule has 0 amide bonds. The topological polar surface area (TPSA) is 12.0 Å². The first-order valence-corrected chi connectivity index (χ1v) is 6.45. The van der Waals surface area contributed by atoms with E-state index in [2.05, 4.69) is 5.32 Å². The molecule has 0 aliphatic rings. The first-order chi connectivity index (χ1) is 9.10. The van der Waals surface area contributed by atoms with Crippen LogP contribution >= 0.6 is 11.6 Å². The number of nitrogens with one attached hydrogen (secondary N) is 1. The van der Waals surface area contributed by atoms with Crippen molar-refractivity contribution >= 4 is 17.3 Å². The molecule has 4 heteroatoms. The molecule has 1 N–H and O–H groups in total. The summed E-state index contributed by atoms with van der Waals surface area (Å²) in [6, 6.07) is 10.6. The van der Waals surface area contributed by atoms with Crippen LogP contribution in [-0.4, -0.2) is 0 Å². The van der Waals surface area contributed by atoms with Crippen LogP contribution in [0.2, 0.25) is 5.02 Å². The first kappa shape index (κ1) is 13.8. The van der Waals surface area contributed by atoms with E-state index in [1.807, 2.05) is 13.0 Å². The fraction of sp³-hybridized carbons (Fsp3) is 0.200. The Kier molecular flexibility index (Phi) is 4.38. The molecule has 2 rings (SSSR count). The van der Waals surface area contributed by atoms with E-state index in [9.17, 15) is 8.78 Å². The van der Waals surface area contributed by atoms with Gasteiger partial charge < -0.3 is 5.32 Å². The van der Waals surface area contributed by atoms with E-state index >= 15 is 0 Å². The predicted molar refractivity (Wildman–Crippen MR) is 74.5 cm³/mol. The molecule has 0 aromatic heterocycles. The van der Waals surface area contributed by atoms with Gasteiger partial charge in [0.05, 0.1) is 11.7 Å². The van der Waals surface area contributed by atoms with Crippen LogP contribution in [0.15, 0.2) is 42.5 Å². The predicted octanol–water partition coefficient (Wildman–Crippen LogP) is 5.18. The lowest BCUT2D eigenvalue weighted by atomic mass is 10.0. The van der Waals surface area contributed by atoms with Crippen LogP contribution < -0.4 is 5.32 Å². The van der Waals surface area contributed by atoms with Gasteiger partial charge in [-0.15, -0.1) is 0 Å². The van der Waals surface area contributed by atoms with E-state index in [1.165, 1.54) is 18.2 Å². The van der Waals surface area contributed by atoms with Gasteiger partial charge in [0.15, 0.2) is 0 Å². The number of benzene rings is 2. The van der Waals surface area contributed by atoms with E-state index in [-0.39, 0.29) is 11.9 Å². The fourth-order valence-corrected chi connectivity index (χ4v) is 2.10. The molecule has 1 unspecified atom stereocenters. The SMILES string of the molecule is CCC(Nc1ccc(Cl)cc1F)c1cccc(F)c1. The molecule has 0 saturated carbocycles. The normalized spacial score (nSPS) is 12.2. The zero-order chi connectivity index (χ0) is 13.8. The average Bonchev–Trinajstić information content (AvgIpc) is 2.38. The van der Waals surface area contributed by atoms with Crippen molar-refractivity contribution in [2.45, 2.75) is 19.4 Å². The molecule has 1 nitrogen and oxygen atoms in total. The highest BCUT2D eigenvalue weighted by Crippen LogP contribution is 2.26. The zero-order valence-electron chi connectivity index (χ0n) is 10.5. The summed E-state index contributed by atoms with van der Waals surface area (Å²) in [6.45, 7) is 1.95. The standard InChI is InChI=1S/C15H14ClF2N/c1-2-14(10-4-3-5-12(17)8-10)19-15-7-6-11(16)9-13(15)18/h3-9,14,19H,2H2,1H3. The summed E-state index contributed by atoms with van der Waals surface area (Å²) >= 11 is 5.71. The van der Waals surface area contributed by atoms with Gasteiger partial charge >= 0.3 is 0 Å². The lowest BCUT2D eigenvalue weighted by Gasteiger charge is -2.19. The highest BCUT2D eigenvalue weighted by molar-refractivity contribution is 6.30. The maximum absolute atomic E-state index is 13.7. The molecule has 19 heavy (non-hydrogen) atoms. The third kappa shape index (κ3) is 3.44. The second kappa shape index (κ2) is 6.02. The molecule has 0 aliphatic carbocycles. The van der Waals surface area contributed by atoms with Gasteiger partial charge in [-0.3, -0.25) is 0 Å². The van der Waals surface area contributed by atoms with Crippen LogP contribution in [0.1, 0.15) is 24.9 Å². The van der Waals surface area contributed by atoms with E-state index < -0.39 is 5.82 Å². The van der Waals surface area contributed by atoms with Crippen LogP contribution in [0.3, 0.4) is 0 Å². The smallest absolute Gasteiger partial charge is 0.147 e. The Morgan fingerprint density at radius 3 is 2.58 bits per heavy atom. The minimum absolute atomic E-state index is 0.147. The second-order valence-electron chi connectivity index (χ2n) is 4.28. The minimum atomic E-state index is -0.414. The van der Waals surface area contributed by atoms with Crippen molar-refractivity contribution < 1.29 is 8.78 Å². The van der Waals surface area contributed by atoms with Gasteiger partial charge in [-0.2, -0.15) is 0 Å². The molecule has 100 valence electrons. The van der Waals surface area contributed by atoms with E-state index in [0.29, 0.717) is 17.1 Å². The Labute approximate surface area is 116 Å². The summed E-state index contributed by atoms with van der Waals surface area (Å²) in [7, 11) is 0. The Balaban J connectivity index is 2.24. The highest BCUT2D eigenvalue weighted by atomic mass is 35.5.